The molecule has 0 aromatic rings. The normalized spacial score (nSPS) is 4.00. The molecule has 0 saturated carbocycles. The molecule has 0 aliphatic heterocycles. The first-order chi connectivity index (χ1) is 1.73. The van der Waals surface area contributed by atoms with Crippen LogP contribution in [-0.2, 0) is 0 Å². The van der Waals surface area contributed by atoms with Gasteiger partial charge < -0.3 is 20.8 Å². The van der Waals surface area contributed by atoms with Crippen LogP contribution in [0.4, 0.5) is 0 Å². The average Bonchev–Trinajstić information content (AvgIpc) is 0.811. The number of hydrogen-bond donors (Lipinski definition) is 0. The molecule has 0 bridgehead atoms. The van der Waals surface area contributed by atoms with Gasteiger partial charge in [-0.1, -0.05) is 0 Å². The van der Waals surface area contributed by atoms with Crippen molar-refractivity contribution in [2.24, 2.45) is 0 Å². The van der Waals surface area contributed by atoms with Crippen LogP contribution in [0, 0.1) is 52.6 Å². The molecule has 0 unspecified atom stereocenters. The second-order valence-electron chi connectivity index (χ2n) is 0.224. The molecule has 41 valence electrons. The van der Waals surface area contributed by atoms with Crippen molar-refractivity contribution in [1.29, 1.82) is 0 Å². The zero-order valence-electron chi connectivity index (χ0n) is 2.46. The Kier molecular flexibility index (Phi) is 24.3. The van der Waals surface area contributed by atoms with Gasteiger partial charge in [-0.25, -0.2) is 0 Å². The summed E-state index contributed by atoms with van der Waals surface area (Å²) in [6.07, 6.45) is 0. The van der Waals surface area contributed by atoms with Gasteiger partial charge in [-0.3, -0.25) is 0 Å². The Morgan fingerprint density at radius 3 is 1.33 bits per heavy atom. The average molecular weight is 247 g/mol. The third kappa shape index (κ3) is 309. The maximum Gasteiger partial charge on any atom is 3.00 e. The second-order valence-corrected chi connectivity index (χ2v) is 0.224. The SMILES string of the molecule is O.O=[N+]([O-])[O-].[Er+3]. The molecule has 0 spiro atoms. The fourth-order valence-corrected chi connectivity index (χ4v) is 0. The summed E-state index contributed by atoms with van der Waals surface area (Å²) in [6.45, 7) is 0. The van der Waals surface area contributed by atoms with Gasteiger partial charge in [-0.15, -0.1) is 0 Å². The molecule has 0 rings (SSSR count). The number of nitrogens with zero attached hydrogens (tertiary/aromatic N) is 1. The molecule has 0 heterocycles. The van der Waals surface area contributed by atoms with Gasteiger partial charge in [0.25, 0.3) is 0 Å². The first-order valence-electron chi connectivity index (χ1n) is 0.548. The Bertz CT molecular complexity index is 30.5. The molecule has 0 aromatic carbocycles. The van der Waals surface area contributed by atoms with E-state index < -0.39 is 5.09 Å². The molecule has 5 nitrogen and oxygen atoms in total. The minimum absolute atomic E-state index is 0. The zero-order chi connectivity index (χ0) is 3.58. The van der Waals surface area contributed by atoms with E-state index in [4.69, 9.17) is 15.3 Å². The monoisotopic (exact) mass is 246 g/mol. The summed E-state index contributed by atoms with van der Waals surface area (Å²) in [7, 11) is 0. The minimum Gasteiger partial charge on any atom is -0.412 e. The van der Waals surface area contributed by atoms with Gasteiger partial charge in [0.05, 0.1) is 5.09 Å². The fraction of sp³-hybridized carbons (Fsp3) is 0. The molecule has 0 atom stereocenters. The fourth-order valence-electron chi connectivity index (χ4n) is 0. The maximum atomic E-state index is 8.25. The molecule has 0 aliphatic rings. The Balaban J connectivity index is -0.0000000450. The van der Waals surface area contributed by atoms with Crippen molar-refractivity contribution in [3.63, 3.8) is 0 Å². The largest absolute Gasteiger partial charge is 3.00 e. The smallest absolute Gasteiger partial charge is 0.412 e. The van der Waals surface area contributed by atoms with E-state index in [1.165, 1.54) is 0 Å². The van der Waals surface area contributed by atoms with E-state index in [1.807, 2.05) is 0 Å². The van der Waals surface area contributed by atoms with Crippen molar-refractivity contribution in [1.82, 2.24) is 0 Å². The van der Waals surface area contributed by atoms with Crippen LogP contribution >= 0.6 is 0 Å². The predicted molar refractivity (Wildman–Crippen MR) is 14.0 cm³/mol. The third-order valence-corrected chi connectivity index (χ3v) is 0. The Morgan fingerprint density at radius 1 is 1.33 bits per heavy atom. The van der Waals surface area contributed by atoms with E-state index in [0.717, 1.165) is 0 Å². The van der Waals surface area contributed by atoms with Gasteiger partial charge in [0.1, 0.15) is 0 Å². The van der Waals surface area contributed by atoms with Crippen molar-refractivity contribution in [3.8, 4) is 0 Å². The predicted octanol–water partition coefficient (Wildman–Crippen LogP) is -1.06. The summed E-state index contributed by atoms with van der Waals surface area (Å²) < 4.78 is 0. The van der Waals surface area contributed by atoms with E-state index in [9.17, 15) is 0 Å². The van der Waals surface area contributed by atoms with E-state index in [0.29, 0.717) is 0 Å². The van der Waals surface area contributed by atoms with Crippen LogP contribution in [0.25, 0.3) is 0 Å². The summed E-state index contributed by atoms with van der Waals surface area (Å²) in [5, 5.41) is 14.8. The van der Waals surface area contributed by atoms with Crippen molar-refractivity contribution in [2.75, 3.05) is 0 Å². The molecule has 0 aliphatic carbocycles. The molecule has 0 amide bonds. The standard InChI is InChI=1S/Er.NO3.H2O/c;2-1(3)4;/h;;1H2/q+3;-1;. The van der Waals surface area contributed by atoms with E-state index in [-0.39, 0.29) is 42.8 Å². The molecule has 1 radical (unpaired) electrons. The van der Waals surface area contributed by atoms with Gasteiger partial charge in [0, 0.05) is 0 Å². The topological polar surface area (TPSA) is 97.7 Å². The molecular formula is H2ErNO4+2. The van der Waals surface area contributed by atoms with Crippen LogP contribution in [-0.4, -0.2) is 10.6 Å². The summed E-state index contributed by atoms with van der Waals surface area (Å²) >= 11 is 0. The van der Waals surface area contributed by atoms with Crippen molar-refractivity contribution in [3.05, 3.63) is 15.3 Å². The van der Waals surface area contributed by atoms with Gasteiger partial charge in [0.15, 0.2) is 0 Å². The van der Waals surface area contributed by atoms with Gasteiger partial charge in [-0.2, -0.15) is 0 Å². The van der Waals surface area contributed by atoms with Crippen LogP contribution in [0.5, 0.6) is 0 Å². The Hall–Kier alpha value is 0.407. The number of hydrogen-bond acceptors (Lipinski definition) is 3. The first-order valence-corrected chi connectivity index (χ1v) is 0.548. The van der Waals surface area contributed by atoms with Gasteiger partial charge in [0.2, 0.25) is 0 Å². The van der Waals surface area contributed by atoms with Gasteiger partial charge >= 0.3 is 37.3 Å². The van der Waals surface area contributed by atoms with Crippen LogP contribution in [0.15, 0.2) is 0 Å². The second kappa shape index (κ2) is 9.05. The molecule has 0 aromatic heterocycles. The molecule has 6 heteroatoms. The van der Waals surface area contributed by atoms with Gasteiger partial charge in [-0.05, 0) is 0 Å². The Labute approximate surface area is 63.0 Å². The van der Waals surface area contributed by atoms with E-state index >= 15 is 0 Å². The summed E-state index contributed by atoms with van der Waals surface area (Å²) in [4.78, 5) is 8.25. The van der Waals surface area contributed by atoms with Crippen LogP contribution in [0.2, 0.25) is 0 Å². The maximum absolute atomic E-state index is 8.25. The van der Waals surface area contributed by atoms with Crippen LogP contribution < -0.4 is 0 Å². The molecular weight excluding hydrogens is 245 g/mol. The first kappa shape index (κ1) is 16.1. The van der Waals surface area contributed by atoms with E-state index in [1.54, 1.807) is 0 Å². The molecule has 2 N–H and O–H groups in total. The molecule has 0 fully saturated rings. The van der Waals surface area contributed by atoms with Crippen LogP contribution in [0.3, 0.4) is 0 Å². The summed E-state index contributed by atoms with van der Waals surface area (Å²) in [6, 6.07) is 0. The van der Waals surface area contributed by atoms with Crippen molar-refractivity contribution >= 4 is 0 Å². The van der Waals surface area contributed by atoms with Crippen molar-refractivity contribution < 1.29 is 47.9 Å². The summed E-state index contributed by atoms with van der Waals surface area (Å²) in [5.74, 6) is 0. The molecule has 0 saturated heterocycles. The Morgan fingerprint density at radius 2 is 1.33 bits per heavy atom. The van der Waals surface area contributed by atoms with Crippen LogP contribution in [0.1, 0.15) is 0 Å². The van der Waals surface area contributed by atoms with E-state index in [2.05, 4.69) is 0 Å². The quantitative estimate of drug-likeness (QED) is 0.403. The van der Waals surface area contributed by atoms with Crippen molar-refractivity contribution in [2.45, 2.75) is 0 Å². The number of rotatable bonds is 0. The third-order valence-electron chi connectivity index (χ3n) is 0. The summed E-state index contributed by atoms with van der Waals surface area (Å²) in [5.41, 5.74) is 0. The molecule has 6 heavy (non-hydrogen) atoms. The zero-order valence-corrected chi connectivity index (χ0v) is 4.31. The minimum atomic E-state index is -1.75.